The third kappa shape index (κ3) is 5.97. The number of amides is 1. The Morgan fingerprint density at radius 3 is 2.60 bits per heavy atom. The van der Waals surface area contributed by atoms with E-state index in [0.717, 1.165) is 10.7 Å². The number of aromatic nitrogens is 1. The highest BCUT2D eigenvalue weighted by atomic mass is 32.1. The molecule has 1 aromatic heterocycles. The Bertz CT molecular complexity index is 515. The zero-order chi connectivity index (χ0) is 15.3. The van der Waals surface area contributed by atoms with Crippen molar-refractivity contribution in [3.8, 4) is 0 Å². The standard InChI is InChI=1S/C14H20N2O3S/c1-9(13(18)19-14(3,4)5)15-12(17)7-6-11-8-20-10(2)16-11/h6-9H,1-5H3,(H,15,17)/b7-6+/t9-/m0/s1. The summed E-state index contributed by atoms with van der Waals surface area (Å²) in [5.74, 6) is -0.808. The van der Waals surface area contributed by atoms with Gasteiger partial charge in [0.25, 0.3) is 0 Å². The minimum absolute atomic E-state index is 0.353. The molecule has 0 saturated carbocycles. The highest BCUT2D eigenvalue weighted by Crippen LogP contribution is 2.10. The fourth-order valence-electron chi connectivity index (χ4n) is 1.33. The van der Waals surface area contributed by atoms with E-state index in [1.54, 1.807) is 33.8 Å². The van der Waals surface area contributed by atoms with Gasteiger partial charge in [-0.15, -0.1) is 11.3 Å². The topological polar surface area (TPSA) is 68.3 Å². The van der Waals surface area contributed by atoms with Gasteiger partial charge in [0.2, 0.25) is 5.91 Å². The Kier molecular flexibility index (Phi) is 5.44. The molecule has 0 spiro atoms. The minimum atomic E-state index is -0.691. The molecule has 1 rings (SSSR count). The molecule has 0 aliphatic carbocycles. The molecule has 5 nitrogen and oxygen atoms in total. The SMILES string of the molecule is Cc1nc(/C=C/C(=O)N[C@@H](C)C(=O)OC(C)(C)C)cs1. The molecule has 1 N–H and O–H groups in total. The maximum Gasteiger partial charge on any atom is 0.328 e. The second-order valence-electron chi connectivity index (χ2n) is 5.39. The Hall–Kier alpha value is -1.69. The molecular formula is C14H20N2O3S. The van der Waals surface area contributed by atoms with Crippen LogP contribution in [0.3, 0.4) is 0 Å². The molecule has 110 valence electrons. The van der Waals surface area contributed by atoms with Crippen molar-refractivity contribution in [1.82, 2.24) is 10.3 Å². The van der Waals surface area contributed by atoms with E-state index in [2.05, 4.69) is 10.3 Å². The molecule has 0 radical (unpaired) electrons. The van der Waals surface area contributed by atoms with Crippen molar-refractivity contribution < 1.29 is 14.3 Å². The minimum Gasteiger partial charge on any atom is -0.458 e. The molecule has 1 aromatic rings. The Labute approximate surface area is 123 Å². The third-order valence-electron chi connectivity index (χ3n) is 2.16. The van der Waals surface area contributed by atoms with Crippen molar-refractivity contribution in [3.63, 3.8) is 0 Å². The first-order valence-corrected chi connectivity index (χ1v) is 7.19. The number of esters is 1. The van der Waals surface area contributed by atoms with Crippen LogP contribution in [0.5, 0.6) is 0 Å². The van der Waals surface area contributed by atoms with E-state index in [-0.39, 0.29) is 5.91 Å². The molecule has 20 heavy (non-hydrogen) atoms. The maximum absolute atomic E-state index is 11.7. The van der Waals surface area contributed by atoms with Crippen molar-refractivity contribution in [1.29, 1.82) is 0 Å². The van der Waals surface area contributed by atoms with E-state index in [9.17, 15) is 9.59 Å². The van der Waals surface area contributed by atoms with Gasteiger partial charge in [-0.1, -0.05) is 0 Å². The van der Waals surface area contributed by atoms with Crippen LogP contribution in [-0.4, -0.2) is 28.5 Å². The summed E-state index contributed by atoms with van der Waals surface area (Å²) in [7, 11) is 0. The van der Waals surface area contributed by atoms with Gasteiger partial charge in [-0.05, 0) is 40.7 Å². The van der Waals surface area contributed by atoms with Crippen molar-refractivity contribution in [2.24, 2.45) is 0 Å². The van der Waals surface area contributed by atoms with Crippen LogP contribution in [0.15, 0.2) is 11.5 Å². The van der Waals surface area contributed by atoms with Crippen molar-refractivity contribution >= 4 is 29.3 Å². The molecule has 0 unspecified atom stereocenters. The lowest BCUT2D eigenvalue weighted by Crippen LogP contribution is -2.41. The number of carbonyl (C=O) groups excluding carboxylic acids is 2. The van der Waals surface area contributed by atoms with Crippen LogP contribution in [0.2, 0.25) is 0 Å². The number of hydrogen-bond donors (Lipinski definition) is 1. The highest BCUT2D eigenvalue weighted by molar-refractivity contribution is 7.09. The van der Waals surface area contributed by atoms with Crippen LogP contribution in [0.1, 0.15) is 38.4 Å². The largest absolute Gasteiger partial charge is 0.458 e. The predicted molar refractivity (Wildman–Crippen MR) is 79.3 cm³/mol. The first-order chi connectivity index (χ1) is 9.17. The van der Waals surface area contributed by atoms with Crippen LogP contribution < -0.4 is 5.32 Å². The fourth-order valence-corrected chi connectivity index (χ4v) is 1.91. The number of aryl methyl sites for hydroxylation is 1. The number of carbonyl (C=O) groups is 2. The zero-order valence-corrected chi connectivity index (χ0v) is 13.2. The van der Waals surface area contributed by atoms with Gasteiger partial charge in [0, 0.05) is 11.5 Å². The van der Waals surface area contributed by atoms with Gasteiger partial charge in [0.1, 0.15) is 11.6 Å². The van der Waals surface area contributed by atoms with E-state index in [1.165, 1.54) is 17.4 Å². The Balaban J connectivity index is 2.49. The van der Waals surface area contributed by atoms with Gasteiger partial charge >= 0.3 is 5.97 Å². The van der Waals surface area contributed by atoms with Gasteiger partial charge in [0.05, 0.1) is 10.7 Å². The summed E-state index contributed by atoms with van der Waals surface area (Å²) in [4.78, 5) is 27.6. The lowest BCUT2D eigenvalue weighted by molar-refractivity contribution is -0.157. The summed E-state index contributed by atoms with van der Waals surface area (Å²) >= 11 is 1.51. The van der Waals surface area contributed by atoms with E-state index in [0.29, 0.717) is 0 Å². The molecule has 1 amide bonds. The number of nitrogens with one attached hydrogen (secondary N) is 1. The van der Waals surface area contributed by atoms with E-state index < -0.39 is 17.6 Å². The summed E-state index contributed by atoms with van der Waals surface area (Å²) in [6, 6.07) is -0.691. The van der Waals surface area contributed by atoms with Gasteiger partial charge in [-0.3, -0.25) is 4.79 Å². The molecule has 1 heterocycles. The third-order valence-corrected chi connectivity index (χ3v) is 2.95. The molecule has 0 aliphatic rings. The second kappa shape index (κ2) is 6.65. The van der Waals surface area contributed by atoms with E-state index in [1.807, 2.05) is 12.3 Å². The monoisotopic (exact) mass is 296 g/mol. The van der Waals surface area contributed by atoms with Crippen molar-refractivity contribution in [3.05, 3.63) is 22.2 Å². The molecule has 0 aliphatic heterocycles. The lowest BCUT2D eigenvalue weighted by atomic mass is 10.2. The number of hydrogen-bond acceptors (Lipinski definition) is 5. The first-order valence-electron chi connectivity index (χ1n) is 6.31. The number of nitrogens with zero attached hydrogens (tertiary/aromatic N) is 1. The van der Waals surface area contributed by atoms with Gasteiger partial charge in [-0.2, -0.15) is 0 Å². The highest BCUT2D eigenvalue weighted by Gasteiger charge is 2.22. The van der Waals surface area contributed by atoms with Gasteiger partial charge in [-0.25, -0.2) is 9.78 Å². The Morgan fingerprint density at radius 1 is 1.45 bits per heavy atom. The predicted octanol–water partition coefficient (Wildman–Crippen LogP) is 2.31. The normalized spacial score (nSPS) is 13.2. The molecule has 0 saturated heterocycles. The average molecular weight is 296 g/mol. The van der Waals surface area contributed by atoms with Crippen molar-refractivity contribution in [2.75, 3.05) is 0 Å². The van der Waals surface area contributed by atoms with Crippen LogP contribution in [0.4, 0.5) is 0 Å². The molecule has 0 aromatic carbocycles. The number of ether oxygens (including phenoxy) is 1. The van der Waals surface area contributed by atoms with Crippen LogP contribution in [-0.2, 0) is 14.3 Å². The number of thiazole rings is 1. The molecule has 6 heteroatoms. The molecule has 0 bridgehead atoms. The molecule has 0 fully saturated rings. The summed E-state index contributed by atoms with van der Waals surface area (Å²) in [5.41, 5.74) is 0.164. The fraction of sp³-hybridized carbons (Fsp3) is 0.500. The van der Waals surface area contributed by atoms with Gasteiger partial charge in [0.15, 0.2) is 0 Å². The molecular weight excluding hydrogens is 276 g/mol. The number of rotatable bonds is 4. The quantitative estimate of drug-likeness (QED) is 0.684. The van der Waals surface area contributed by atoms with Crippen LogP contribution in [0, 0.1) is 6.92 Å². The lowest BCUT2D eigenvalue weighted by Gasteiger charge is -2.22. The van der Waals surface area contributed by atoms with Crippen molar-refractivity contribution in [2.45, 2.75) is 46.3 Å². The van der Waals surface area contributed by atoms with E-state index in [4.69, 9.17) is 4.74 Å². The first kappa shape index (κ1) is 16.4. The average Bonchev–Trinajstić information content (AvgIpc) is 2.70. The van der Waals surface area contributed by atoms with Crippen LogP contribution >= 0.6 is 11.3 Å². The van der Waals surface area contributed by atoms with E-state index >= 15 is 0 Å². The summed E-state index contributed by atoms with van der Waals surface area (Å²) in [6.45, 7) is 8.83. The summed E-state index contributed by atoms with van der Waals surface area (Å²) in [5, 5.41) is 5.35. The van der Waals surface area contributed by atoms with Crippen LogP contribution in [0.25, 0.3) is 6.08 Å². The summed E-state index contributed by atoms with van der Waals surface area (Å²) in [6.07, 6.45) is 2.97. The summed E-state index contributed by atoms with van der Waals surface area (Å²) < 4.78 is 5.18. The Morgan fingerprint density at radius 2 is 2.10 bits per heavy atom. The second-order valence-corrected chi connectivity index (χ2v) is 6.45. The smallest absolute Gasteiger partial charge is 0.328 e. The molecule has 1 atom stereocenters. The zero-order valence-electron chi connectivity index (χ0n) is 12.4. The maximum atomic E-state index is 11.7. The van der Waals surface area contributed by atoms with Gasteiger partial charge < -0.3 is 10.1 Å².